The van der Waals surface area contributed by atoms with Crippen LogP contribution in [0.1, 0.15) is 0 Å². The molecule has 4 nitrogen and oxygen atoms in total. The van der Waals surface area contributed by atoms with Crippen molar-refractivity contribution in [3.63, 3.8) is 0 Å². The van der Waals surface area contributed by atoms with Gasteiger partial charge >= 0.3 is 0 Å². The van der Waals surface area contributed by atoms with Crippen LogP contribution in [-0.2, 0) is 0 Å². The molecule has 0 fully saturated rings. The molecule has 0 unspecified atom stereocenters. The monoisotopic (exact) mass is 194 g/mol. The summed E-state index contributed by atoms with van der Waals surface area (Å²) in [6.07, 6.45) is 0. The fourth-order valence-electron chi connectivity index (χ4n) is 0.224. The highest BCUT2D eigenvalue weighted by atomic mass is 32.1. The Bertz CT molecular complexity index is 130. The highest BCUT2D eigenvalue weighted by Gasteiger charge is 1.88. The molecule has 0 bridgehead atoms. The van der Waals surface area contributed by atoms with E-state index in [2.05, 4.69) is 29.0 Å². The number of nitrogens with two attached hydrogens (primary N) is 2. The Morgan fingerprint density at radius 2 is 1.55 bits per heavy atom. The van der Waals surface area contributed by atoms with E-state index in [9.17, 15) is 0 Å². The van der Waals surface area contributed by atoms with Crippen LogP contribution in [0, 0.1) is 0 Å². The fraction of sp³-hybridized carbons (Fsp3) is 0.600. The third-order valence-electron chi connectivity index (χ3n) is 0.620. The van der Waals surface area contributed by atoms with Gasteiger partial charge in [0.1, 0.15) is 0 Å². The van der Waals surface area contributed by atoms with E-state index >= 15 is 0 Å². The van der Waals surface area contributed by atoms with Crippen molar-refractivity contribution in [2.45, 2.75) is 0 Å². The summed E-state index contributed by atoms with van der Waals surface area (Å²) in [7, 11) is 5.61. The molecule has 0 aliphatic heterocycles. The molecule has 0 atom stereocenters. The Balaban J connectivity index is 0. The van der Waals surface area contributed by atoms with Crippen LogP contribution >= 0.6 is 24.4 Å². The molecule has 0 aliphatic rings. The molecule has 66 valence electrons. The number of nitrogens with one attached hydrogen (secondary N) is 1. The number of thiocarbonyl (C=S) groups is 2. The molecule has 11 heavy (non-hydrogen) atoms. The number of rotatable bonds is 0. The lowest BCUT2D eigenvalue weighted by Crippen LogP contribution is -2.30. The van der Waals surface area contributed by atoms with Crippen molar-refractivity contribution in [1.82, 2.24) is 10.2 Å². The van der Waals surface area contributed by atoms with Crippen LogP contribution in [0.2, 0.25) is 0 Å². The topological polar surface area (TPSA) is 67.3 Å². The van der Waals surface area contributed by atoms with Crippen molar-refractivity contribution >= 4 is 34.7 Å². The predicted molar refractivity (Wildman–Crippen MR) is 56.3 cm³/mol. The molecule has 5 N–H and O–H groups in total. The van der Waals surface area contributed by atoms with Gasteiger partial charge in [-0.1, -0.05) is 0 Å². The third kappa shape index (κ3) is 17.7. The lowest BCUT2D eigenvalue weighted by molar-refractivity contribution is 0.612. The lowest BCUT2D eigenvalue weighted by Gasteiger charge is -2.11. The molecule has 0 radical (unpaired) electrons. The summed E-state index contributed by atoms with van der Waals surface area (Å²) in [4.78, 5) is 1.84. The first-order chi connectivity index (χ1) is 4.91. The molecule has 0 saturated carbocycles. The largest absolute Gasteiger partial charge is 0.377 e. The van der Waals surface area contributed by atoms with Crippen LogP contribution in [0.15, 0.2) is 0 Å². The third-order valence-corrected chi connectivity index (χ3v) is 1.19. The Morgan fingerprint density at radius 3 is 1.55 bits per heavy atom. The summed E-state index contributed by atoms with van der Waals surface area (Å²) < 4.78 is 0. The van der Waals surface area contributed by atoms with Gasteiger partial charge in [-0.15, -0.1) is 0 Å². The smallest absolute Gasteiger partial charge is 0.168 e. The molecule has 0 amide bonds. The van der Waals surface area contributed by atoms with Gasteiger partial charge in [-0.2, -0.15) is 0 Å². The quantitative estimate of drug-likeness (QED) is 0.441. The van der Waals surface area contributed by atoms with Gasteiger partial charge in [-0.25, -0.2) is 0 Å². The number of hydrogen-bond acceptors (Lipinski definition) is 2. The normalized spacial score (nSPS) is 7.18. The van der Waals surface area contributed by atoms with Crippen LogP contribution in [0.3, 0.4) is 0 Å². The summed E-state index contributed by atoms with van der Waals surface area (Å²) in [5.74, 6) is 0. The van der Waals surface area contributed by atoms with E-state index in [1.54, 1.807) is 0 Å². The zero-order chi connectivity index (χ0) is 9.44. The van der Waals surface area contributed by atoms with Crippen LogP contribution in [-0.4, -0.2) is 36.3 Å². The van der Waals surface area contributed by atoms with Gasteiger partial charge in [-0.3, -0.25) is 0 Å². The van der Waals surface area contributed by atoms with Crippen molar-refractivity contribution in [2.24, 2.45) is 11.5 Å². The predicted octanol–water partition coefficient (Wildman–Crippen LogP) is -0.759. The van der Waals surface area contributed by atoms with Gasteiger partial charge in [0.05, 0.1) is 0 Å². The molecule has 0 rings (SSSR count). The van der Waals surface area contributed by atoms with Gasteiger partial charge in [0.15, 0.2) is 10.2 Å². The maximum atomic E-state index is 4.79. The minimum absolute atomic E-state index is 0.000000000000000222. The molecule has 0 aromatic heterocycles. The van der Waals surface area contributed by atoms with E-state index in [4.69, 9.17) is 12.2 Å². The average molecular weight is 194 g/mol. The van der Waals surface area contributed by atoms with Crippen LogP contribution < -0.4 is 16.8 Å². The fourth-order valence-corrected chi connectivity index (χ4v) is 0.224. The van der Waals surface area contributed by atoms with Gasteiger partial charge in [0.2, 0.25) is 0 Å². The summed E-state index contributed by atoms with van der Waals surface area (Å²) in [5, 5.41) is 3.59. The molecule has 6 heteroatoms. The van der Waals surface area contributed by atoms with E-state index in [0.717, 1.165) is 5.11 Å². The molecule has 0 heterocycles. The first kappa shape index (κ1) is 13.0. The Kier molecular flexibility index (Phi) is 8.85. The molecule has 0 aliphatic carbocycles. The maximum absolute atomic E-state index is 4.79. The van der Waals surface area contributed by atoms with E-state index in [-0.39, 0.29) is 5.11 Å². The van der Waals surface area contributed by atoms with E-state index < -0.39 is 0 Å². The van der Waals surface area contributed by atoms with Crippen LogP contribution in [0.5, 0.6) is 0 Å². The van der Waals surface area contributed by atoms with Gasteiger partial charge in [-0.05, 0) is 24.4 Å². The van der Waals surface area contributed by atoms with Crippen molar-refractivity contribution in [1.29, 1.82) is 0 Å². The molecular formula is C5H14N4S2. The lowest BCUT2D eigenvalue weighted by atomic mass is 10.9. The van der Waals surface area contributed by atoms with Crippen molar-refractivity contribution < 1.29 is 0 Å². The SMILES string of the molecule is CNC(=S)N(C)C.NC(N)=S. The second-order valence-corrected chi connectivity index (χ2v) is 2.71. The average Bonchev–Trinajstić information content (AvgIpc) is 1.85. The van der Waals surface area contributed by atoms with Crippen molar-refractivity contribution in [3.8, 4) is 0 Å². The van der Waals surface area contributed by atoms with Crippen molar-refractivity contribution in [3.05, 3.63) is 0 Å². The van der Waals surface area contributed by atoms with Crippen LogP contribution in [0.4, 0.5) is 0 Å². The maximum Gasteiger partial charge on any atom is 0.168 e. The van der Waals surface area contributed by atoms with Gasteiger partial charge in [0.25, 0.3) is 0 Å². The Labute approximate surface area is 77.9 Å². The van der Waals surface area contributed by atoms with Gasteiger partial charge < -0.3 is 21.7 Å². The Hall–Kier alpha value is -0.620. The highest BCUT2D eigenvalue weighted by Crippen LogP contribution is 1.72. The Morgan fingerprint density at radius 1 is 1.27 bits per heavy atom. The first-order valence-electron chi connectivity index (χ1n) is 2.85. The van der Waals surface area contributed by atoms with E-state index in [1.165, 1.54) is 0 Å². The zero-order valence-corrected chi connectivity index (χ0v) is 8.55. The minimum Gasteiger partial charge on any atom is -0.377 e. The van der Waals surface area contributed by atoms with Crippen LogP contribution in [0.25, 0.3) is 0 Å². The number of nitrogens with zero attached hydrogens (tertiary/aromatic N) is 1. The molecular weight excluding hydrogens is 180 g/mol. The summed E-state index contributed by atoms with van der Waals surface area (Å²) in [6, 6.07) is 0. The molecule has 0 aromatic rings. The highest BCUT2D eigenvalue weighted by molar-refractivity contribution is 7.80. The second kappa shape index (κ2) is 7.49. The standard InChI is InChI=1S/C4H10N2S.CH4N2S/c1-5-4(7)6(2)3;2-1(3)4/h1-3H3,(H,5,7);(H4,2,3,4). The summed E-state index contributed by atoms with van der Waals surface area (Å²) in [5.41, 5.74) is 9.24. The molecule has 0 saturated heterocycles. The first-order valence-corrected chi connectivity index (χ1v) is 3.67. The van der Waals surface area contributed by atoms with Gasteiger partial charge in [0, 0.05) is 21.1 Å². The summed E-state index contributed by atoms with van der Waals surface area (Å²) >= 11 is 8.89. The van der Waals surface area contributed by atoms with E-state index in [1.807, 2.05) is 26.0 Å². The minimum atomic E-state index is 0.000000000000000222. The van der Waals surface area contributed by atoms with Crippen molar-refractivity contribution in [2.75, 3.05) is 21.1 Å². The van der Waals surface area contributed by atoms with E-state index in [0.29, 0.717) is 0 Å². The molecule has 0 aromatic carbocycles. The zero-order valence-electron chi connectivity index (χ0n) is 6.92. The summed E-state index contributed by atoms with van der Waals surface area (Å²) in [6.45, 7) is 0. The molecule has 0 spiro atoms. The number of hydrogen-bond donors (Lipinski definition) is 3. The second-order valence-electron chi connectivity index (χ2n) is 1.85.